The lowest BCUT2D eigenvalue weighted by Crippen LogP contribution is -1.61. The molecule has 0 heterocycles. The van der Waals surface area contributed by atoms with Crippen molar-refractivity contribution < 1.29 is 0 Å². The lowest BCUT2D eigenvalue weighted by Gasteiger charge is -1.82. The van der Waals surface area contributed by atoms with E-state index in [2.05, 4.69) is 60.8 Å². The van der Waals surface area contributed by atoms with Gasteiger partial charge in [0.2, 0.25) is 0 Å². The highest BCUT2D eigenvalue weighted by atomic mass is 13.8. The summed E-state index contributed by atoms with van der Waals surface area (Å²) >= 11 is 0. The largest absolute Gasteiger partial charge is 0.0808 e. The summed E-state index contributed by atoms with van der Waals surface area (Å²) in [6.45, 7) is 0. The molecule has 0 aliphatic heterocycles. The Morgan fingerprint density at radius 3 is 1.17 bits per heavy atom. The fraction of sp³-hybridized carbons (Fsp3) is 0.167. The Kier molecular flexibility index (Phi) is 4.70. The number of hydrogen-bond acceptors (Lipinski definition) is 0. The van der Waals surface area contributed by atoms with E-state index < -0.39 is 0 Å². The number of rotatable bonds is 0. The average molecular weight is 158 g/mol. The molecule has 0 saturated carbocycles. The zero-order valence-electron chi connectivity index (χ0n) is 7.19. The van der Waals surface area contributed by atoms with Gasteiger partial charge in [0.05, 0.1) is 0 Å². The van der Waals surface area contributed by atoms with Crippen LogP contribution in [-0.2, 0) is 0 Å². The minimum absolute atomic E-state index is 1.01. The summed E-state index contributed by atoms with van der Waals surface area (Å²) in [4.78, 5) is 0. The van der Waals surface area contributed by atoms with Crippen LogP contribution in [0.25, 0.3) is 0 Å². The van der Waals surface area contributed by atoms with Crippen LogP contribution in [0.3, 0.4) is 0 Å². The third kappa shape index (κ3) is 4.51. The lowest BCUT2D eigenvalue weighted by atomic mass is 10.2. The van der Waals surface area contributed by atoms with E-state index in [1.165, 1.54) is 0 Å². The van der Waals surface area contributed by atoms with Gasteiger partial charge in [0.1, 0.15) is 0 Å². The van der Waals surface area contributed by atoms with Crippen molar-refractivity contribution in [2.45, 2.75) is 12.8 Å². The van der Waals surface area contributed by atoms with Gasteiger partial charge in [-0.3, -0.25) is 0 Å². The highest BCUT2D eigenvalue weighted by molar-refractivity contribution is 5.15. The molecular weight excluding hydrogens is 144 g/mol. The third-order valence-electron chi connectivity index (χ3n) is 1.53. The molecule has 1 aliphatic carbocycles. The topological polar surface area (TPSA) is 0 Å². The average Bonchev–Trinajstić information content (AvgIpc) is 2.05. The molecule has 0 heteroatoms. The zero-order chi connectivity index (χ0) is 8.49. The van der Waals surface area contributed by atoms with Crippen molar-refractivity contribution in [3.63, 3.8) is 0 Å². The summed E-state index contributed by atoms with van der Waals surface area (Å²) in [5, 5.41) is 0. The molecule has 0 bridgehead atoms. The van der Waals surface area contributed by atoms with E-state index in [0.717, 1.165) is 12.8 Å². The molecule has 1 rings (SSSR count). The summed E-state index contributed by atoms with van der Waals surface area (Å²) in [5.41, 5.74) is 0. The van der Waals surface area contributed by atoms with Crippen LogP contribution in [0, 0.1) is 0 Å². The van der Waals surface area contributed by atoms with E-state index in [1.54, 1.807) is 0 Å². The van der Waals surface area contributed by atoms with E-state index in [-0.39, 0.29) is 0 Å². The quantitative estimate of drug-likeness (QED) is 0.505. The highest BCUT2D eigenvalue weighted by Crippen LogP contribution is 1.93. The first-order valence-electron chi connectivity index (χ1n) is 4.30. The number of hydrogen-bond donors (Lipinski definition) is 0. The Labute approximate surface area is 74.3 Å². The molecule has 0 aromatic carbocycles. The van der Waals surface area contributed by atoms with E-state index >= 15 is 0 Å². The van der Waals surface area contributed by atoms with E-state index in [0.29, 0.717) is 0 Å². The summed E-state index contributed by atoms with van der Waals surface area (Å²) in [7, 11) is 0. The molecule has 0 radical (unpaired) electrons. The molecule has 0 atom stereocenters. The molecule has 12 heavy (non-hydrogen) atoms. The first-order valence-corrected chi connectivity index (χ1v) is 4.30. The first-order chi connectivity index (χ1) is 6.00. The van der Waals surface area contributed by atoms with Gasteiger partial charge in [-0.15, -0.1) is 0 Å². The van der Waals surface area contributed by atoms with E-state index in [1.807, 2.05) is 0 Å². The molecule has 62 valence electrons. The first kappa shape index (κ1) is 8.79. The second-order valence-electron chi connectivity index (χ2n) is 2.57. The van der Waals surface area contributed by atoms with Gasteiger partial charge >= 0.3 is 0 Å². The molecule has 1 aliphatic rings. The van der Waals surface area contributed by atoms with Crippen LogP contribution < -0.4 is 0 Å². The normalized spacial score (nSPS) is 25.3. The Morgan fingerprint density at radius 2 is 0.750 bits per heavy atom. The summed E-state index contributed by atoms with van der Waals surface area (Å²) in [6.07, 6.45) is 23.0. The zero-order valence-corrected chi connectivity index (χ0v) is 7.19. The molecular formula is C12H14. The van der Waals surface area contributed by atoms with Crippen LogP contribution in [0.4, 0.5) is 0 Å². The predicted molar refractivity (Wildman–Crippen MR) is 54.9 cm³/mol. The van der Waals surface area contributed by atoms with Gasteiger partial charge in [0.15, 0.2) is 0 Å². The van der Waals surface area contributed by atoms with E-state index in [9.17, 15) is 0 Å². The van der Waals surface area contributed by atoms with Gasteiger partial charge in [-0.25, -0.2) is 0 Å². The predicted octanol–water partition coefficient (Wildman–Crippen LogP) is 3.56. The van der Waals surface area contributed by atoms with Crippen LogP contribution in [0.5, 0.6) is 0 Å². The maximum atomic E-state index is 2.14. The van der Waals surface area contributed by atoms with Crippen molar-refractivity contribution >= 4 is 0 Å². The second-order valence-corrected chi connectivity index (χ2v) is 2.57. The highest BCUT2D eigenvalue weighted by Gasteiger charge is 1.71. The smallest absolute Gasteiger partial charge is 0.0163 e. The van der Waals surface area contributed by atoms with Crippen LogP contribution in [-0.4, -0.2) is 0 Å². The van der Waals surface area contributed by atoms with E-state index in [4.69, 9.17) is 0 Å². The fourth-order valence-electron chi connectivity index (χ4n) is 0.914. The molecule has 0 saturated heterocycles. The summed E-state index contributed by atoms with van der Waals surface area (Å²) in [5.74, 6) is 0. The maximum absolute atomic E-state index is 2.14. The summed E-state index contributed by atoms with van der Waals surface area (Å²) in [6, 6.07) is 0. The van der Waals surface area contributed by atoms with Crippen molar-refractivity contribution in [1.29, 1.82) is 0 Å². The molecule has 0 amide bonds. The van der Waals surface area contributed by atoms with Gasteiger partial charge in [-0.1, -0.05) is 60.8 Å². The van der Waals surface area contributed by atoms with Gasteiger partial charge in [-0.2, -0.15) is 0 Å². The van der Waals surface area contributed by atoms with Crippen LogP contribution >= 0.6 is 0 Å². The van der Waals surface area contributed by atoms with Crippen molar-refractivity contribution in [3.8, 4) is 0 Å². The Morgan fingerprint density at radius 1 is 0.417 bits per heavy atom. The van der Waals surface area contributed by atoms with Gasteiger partial charge in [0.25, 0.3) is 0 Å². The van der Waals surface area contributed by atoms with Crippen molar-refractivity contribution in [3.05, 3.63) is 60.8 Å². The van der Waals surface area contributed by atoms with Gasteiger partial charge in [0, 0.05) is 0 Å². The molecule has 0 fully saturated rings. The van der Waals surface area contributed by atoms with Crippen molar-refractivity contribution in [2.75, 3.05) is 0 Å². The second kappa shape index (κ2) is 6.41. The number of allylic oxidation sites excluding steroid dienone is 10. The fourth-order valence-corrected chi connectivity index (χ4v) is 0.914. The Balaban J connectivity index is 2.55. The summed E-state index contributed by atoms with van der Waals surface area (Å²) < 4.78 is 0. The molecule has 0 aromatic heterocycles. The Hall–Kier alpha value is -1.30. The SMILES string of the molecule is C1=CC\C=C/C=C/C=C\CC=C1. The standard InChI is InChI=1S/C12H14/c1-2-4-6-8-10-12-11-9-7-5-3-1/h1-6,9-12H,7-8H2/b2-1+,5-3-,6-4-,11-9?,12-10?. The minimum Gasteiger partial charge on any atom is -0.0808 e. The molecule has 0 unspecified atom stereocenters. The van der Waals surface area contributed by atoms with Crippen molar-refractivity contribution in [1.82, 2.24) is 0 Å². The minimum atomic E-state index is 1.01. The molecule has 0 spiro atoms. The van der Waals surface area contributed by atoms with Crippen LogP contribution in [0.2, 0.25) is 0 Å². The Bertz CT molecular complexity index is 211. The van der Waals surface area contributed by atoms with Gasteiger partial charge in [-0.05, 0) is 12.8 Å². The van der Waals surface area contributed by atoms with Crippen LogP contribution in [0.15, 0.2) is 60.8 Å². The monoisotopic (exact) mass is 158 g/mol. The third-order valence-corrected chi connectivity index (χ3v) is 1.53. The molecule has 0 nitrogen and oxygen atoms in total. The van der Waals surface area contributed by atoms with Crippen LogP contribution in [0.1, 0.15) is 12.8 Å². The van der Waals surface area contributed by atoms with Crippen molar-refractivity contribution in [2.24, 2.45) is 0 Å². The lowest BCUT2D eigenvalue weighted by molar-refractivity contribution is 1.37. The maximum Gasteiger partial charge on any atom is -0.0163 e. The molecule has 0 aromatic rings. The molecule has 0 N–H and O–H groups in total. The van der Waals surface area contributed by atoms with Gasteiger partial charge < -0.3 is 0 Å².